The normalized spacial score (nSPS) is 26.8. The van der Waals surface area contributed by atoms with Gasteiger partial charge in [0, 0.05) is 12.8 Å². The lowest BCUT2D eigenvalue weighted by molar-refractivity contribution is -0.138. The molecular formula is C21H21F2NO4. The molecule has 0 saturated carbocycles. The molecule has 2 saturated heterocycles. The summed E-state index contributed by atoms with van der Waals surface area (Å²) in [5.41, 5.74) is -1.19. The molecule has 1 amide bonds. The van der Waals surface area contributed by atoms with Crippen LogP contribution < -0.4 is 0 Å². The largest absolute Gasteiger partial charge is 0.445 e. The number of carbonyl (C=O) groups excluding carboxylic acids is 1. The molecule has 2 aromatic carbocycles. The third-order valence-electron chi connectivity index (χ3n) is 5.40. The van der Waals surface area contributed by atoms with E-state index in [1.165, 1.54) is 6.07 Å². The highest BCUT2D eigenvalue weighted by molar-refractivity contribution is 5.69. The van der Waals surface area contributed by atoms with Gasteiger partial charge in [-0.15, -0.1) is 0 Å². The molecule has 2 unspecified atom stereocenters. The van der Waals surface area contributed by atoms with E-state index >= 15 is 0 Å². The summed E-state index contributed by atoms with van der Waals surface area (Å²) in [7, 11) is 0. The fourth-order valence-corrected chi connectivity index (χ4v) is 4.21. The summed E-state index contributed by atoms with van der Waals surface area (Å²) in [6.07, 6.45) is -0.568. The molecule has 2 atom stereocenters. The molecule has 2 bridgehead atoms. The maximum atomic E-state index is 14.3. The fourth-order valence-electron chi connectivity index (χ4n) is 4.21. The van der Waals surface area contributed by atoms with Gasteiger partial charge in [-0.2, -0.15) is 0 Å². The first-order valence-corrected chi connectivity index (χ1v) is 9.21. The predicted octanol–water partition coefficient (Wildman–Crippen LogP) is 3.35. The Morgan fingerprint density at radius 2 is 1.68 bits per heavy atom. The van der Waals surface area contributed by atoms with Crippen LogP contribution in [0.25, 0.3) is 0 Å². The Hall–Kier alpha value is -2.51. The van der Waals surface area contributed by atoms with Crippen molar-refractivity contribution >= 4 is 6.09 Å². The van der Waals surface area contributed by atoms with Gasteiger partial charge in [0.15, 0.2) is 0 Å². The van der Waals surface area contributed by atoms with Crippen LogP contribution in [0.5, 0.6) is 0 Å². The Balaban J connectivity index is 1.53. The summed E-state index contributed by atoms with van der Waals surface area (Å²) in [6, 6.07) is 11.8. The quantitative estimate of drug-likeness (QED) is 0.875. The van der Waals surface area contributed by atoms with Crippen molar-refractivity contribution in [2.45, 2.75) is 37.1 Å². The number of piperidine rings is 1. The Labute approximate surface area is 161 Å². The Morgan fingerprint density at radius 1 is 1.07 bits per heavy atom. The van der Waals surface area contributed by atoms with Gasteiger partial charge in [0.05, 0.1) is 36.5 Å². The van der Waals surface area contributed by atoms with Crippen LogP contribution in [0.3, 0.4) is 0 Å². The monoisotopic (exact) mass is 389 g/mol. The van der Waals surface area contributed by atoms with Gasteiger partial charge >= 0.3 is 6.09 Å². The van der Waals surface area contributed by atoms with Gasteiger partial charge in [-0.3, -0.25) is 4.90 Å². The highest BCUT2D eigenvalue weighted by atomic mass is 19.1. The van der Waals surface area contributed by atoms with E-state index in [-0.39, 0.29) is 38.2 Å². The minimum Gasteiger partial charge on any atom is -0.445 e. The van der Waals surface area contributed by atoms with E-state index < -0.39 is 35.4 Å². The molecule has 0 radical (unpaired) electrons. The second kappa shape index (κ2) is 7.48. The van der Waals surface area contributed by atoms with Crippen LogP contribution in [-0.4, -0.2) is 41.4 Å². The van der Waals surface area contributed by atoms with E-state index in [0.717, 1.165) is 17.7 Å². The molecule has 2 fully saturated rings. The lowest BCUT2D eigenvalue weighted by Gasteiger charge is -2.50. The Morgan fingerprint density at radius 3 is 2.29 bits per heavy atom. The van der Waals surface area contributed by atoms with Gasteiger partial charge in [0.2, 0.25) is 0 Å². The molecule has 1 N–H and O–H groups in total. The molecule has 2 aliphatic heterocycles. The van der Waals surface area contributed by atoms with Crippen LogP contribution in [0.4, 0.5) is 13.6 Å². The number of rotatable bonds is 3. The number of benzene rings is 2. The zero-order valence-electron chi connectivity index (χ0n) is 15.2. The zero-order valence-corrected chi connectivity index (χ0v) is 15.2. The van der Waals surface area contributed by atoms with Crippen LogP contribution in [0.15, 0.2) is 48.5 Å². The maximum absolute atomic E-state index is 14.3. The Bertz CT molecular complexity index is 826. The van der Waals surface area contributed by atoms with E-state index in [0.29, 0.717) is 0 Å². The predicted molar refractivity (Wildman–Crippen MR) is 96.3 cm³/mol. The minimum absolute atomic E-state index is 0.0260. The van der Waals surface area contributed by atoms with Gasteiger partial charge in [-0.05, 0) is 17.7 Å². The van der Waals surface area contributed by atoms with Gasteiger partial charge < -0.3 is 14.6 Å². The van der Waals surface area contributed by atoms with Crippen LogP contribution >= 0.6 is 0 Å². The van der Waals surface area contributed by atoms with E-state index in [1.54, 1.807) is 4.90 Å². The molecule has 7 heteroatoms. The van der Waals surface area contributed by atoms with Crippen LogP contribution in [0.1, 0.15) is 24.0 Å². The van der Waals surface area contributed by atoms with Crippen LogP contribution in [0.2, 0.25) is 0 Å². The first-order chi connectivity index (χ1) is 13.5. The number of nitrogens with zero attached hydrogens (tertiary/aromatic N) is 1. The number of halogens is 2. The average Bonchev–Trinajstić information content (AvgIpc) is 2.66. The average molecular weight is 389 g/mol. The standard InChI is InChI=1S/C21H21F2NO4/c22-17-7-4-8-18(23)19(17)21(26)9-15-12-27-13-16(10-21)24(15)20(25)28-11-14-5-2-1-3-6-14/h1-8,15-16,26H,9-13H2. The SMILES string of the molecule is O=C(OCc1ccccc1)N1C2COCC1CC(O)(c1c(F)cccc1F)C2. The third-order valence-corrected chi connectivity index (χ3v) is 5.40. The van der Waals surface area contributed by atoms with Crippen LogP contribution in [0, 0.1) is 11.6 Å². The zero-order chi connectivity index (χ0) is 19.7. The number of carbonyl (C=O) groups is 1. The number of ether oxygens (including phenoxy) is 2. The van der Waals surface area contributed by atoms with Gasteiger partial charge in [-0.25, -0.2) is 13.6 Å². The number of amides is 1. The van der Waals surface area contributed by atoms with Crippen molar-refractivity contribution in [1.82, 2.24) is 4.90 Å². The molecule has 0 aromatic heterocycles. The molecule has 148 valence electrons. The van der Waals surface area contributed by atoms with Crippen molar-refractivity contribution in [3.63, 3.8) is 0 Å². The minimum atomic E-state index is -1.70. The lowest BCUT2D eigenvalue weighted by Crippen LogP contribution is -2.62. The molecule has 28 heavy (non-hydrogen) atoms. The van der Waals surface area contributed by atoms with Gasteiger partial charge in [0.25, 0.3) is 0 Å². The number of hydrogen-bond donors (Lipinski definition) is 1. The molecule has 2 heterocycles. The highest BCUT2D eigenvalue weighted by Crippen LogP contribution is 2.43. The Kier molecular flexibility index (Phi) is 5.03. The van der Waals surface area contributed by atoms with Crippen LogP contribution in [-0.2, 0) is 21.7 Å². The van der Waals surface area contributed by atoms with E-state index in [9.17, 15) is 18.7 Å². The topological polar surface area (TPSA) is 59.0 Å². The van der Waals surface area contributed by atoms with Crippen molar-refractivity contribution in [2.24, 2.45) is 0 Å². The first-order valence-electron chi connectivity index (χ1n) is 9.21. The second-order valence-electron chi connectivity index (χ2n) is 7.33. The summed E-state index contributed by atoms with van der Waals surface area (Å²) in [6.45, 7) is 0.479. The van der Waals surface area contributed by atoms with E-state index in [4.69, 9.17) is 9.47 Å². The number of hydrogen-bond acceptors (Lipinski definition) is 4. The molecular weight excluding hydrogens is 368 g/mol. The second-order valence-corrected chi connectivity index (χ2v) is 7.33. The number of aliphatic hydroxyl groups is 1. The number of morpholine rings is 1. The highest BCUT2D eigenvalue weighted by Gasteiger charge is 2.51. The smallest absolute Gasteiger partial charge is 0.410 e. The van der Waals surface area contributed by atoms with Gasteiger partial charge in [0.1, 0.15) is 18.2 Å². The molecule has 2 aromatic rings. The summed E-state index contributed by atoms with van der Waals surface area (Å²) >= 11 is 0. The van der Waals surface area contributed by atoms with Crippen molar-refractivity contribution in [1.29, 1.82) is 0 Å². The molecule has 5 nitrogen and oxygen atoms in total. The fraction of sp³-hybridized carbons (Fsp3) is 0.381. The summed E-state index contributed by atoms with van der Waals surface area (Å²) < 4.78 is 39.5. The molecule has 0 aliphatic carbocycles. The lowest BCUT2D eigenvalue weighted by atomic mass is 9.76. The molecule has 2 aliphatic rings. The maximum Gasteiger partial charge on any atom is 0.410 e. The third kappa shape index (κ3) is 3.47. The molecule has 4 rings (SSSR count). The molecule has 0 spiro atoms. The van der Waals surface area contributed by atoms with Crippen molar-refractivity contribution in [2.75, 3.05) is 13.2 Å². The van der Waals surface area contributed by atoms with Crippen molar-refractivity contribution < 1.29 is 28.2 Å². The summed E-state index contributed by atoms with van der Waals surface area (Å²) in [5, 5.41) is 11.1. The van der Waals surface area contributed by atoms with Crippen molar-refractivity contribution in [3.05, 3.63) is 71.3 Å². The van der Waals surface area contributed by atoms with E-state index in [1.807, 2.05) is 30.3 Å². The van der Waals surface area contributed by atoms with Gasteiger partial charge in [-0.1, -0.05) is 36.4 Å². The summed E-state index contributed by atoms with van der Waals surface area (Å²) in [5.74, 6) is -1.58. The number of fused-ring (bicyclic) bond motifs is 2. The van der Waals surface area contributed by atoms with E-state index in [2.05, 4.69) is 0 Å². The summed E-state index contributed by atoms with van der Waals surface area (Å²) in [4.78, 5) is 14.2. The van der Waals surface area contributed by atoms with Crippen molar-refractivity contribution in [3.8, 4) is 0 Å². The first kappa shape index (κ1) is 18.8.